The largest absolute Gasteiger partial charge is 0.489 e. The van der Waals surface area contributed by atoms with Gasteiger partial charge in [0.2, 0.25) is 5.91 Å². The Labute approximate surface area is 149 Å². The van der Waals surface area contributed by atoms with E-state index < -0.39 is 11.4 Å². The van der Waals surface area contributed by atoms with Gasteiger partial charge in [-0.15, -0.1) is 0 Å². The van der Waals surface area contributed by atoms with Crippen LogP contribution in [0.25, 0.3) is 0 Å². The van der Waals surface area contributed by atoms with Crippen LogP contribution in [0, 0.1) is 0 Å². The van der Waals surface area contributed by atoms with E-state index in [1.807, 2.05) is 75.6 Å². The van der Waals surface area contributed by atoms with Crippen molar-refractivity contribution < 1.29 is 9.53 Å². The van der Waals surface area contributed by atoms with Crippen molar-refractivity contribution in [3.8, 4) is 5.75 Å². The van der Waals surface area contributed by atoms with Crippen LogP contribution in [0.1, 0.15) is 18.1 Å². The standard InChI is InChI=1S/C20H27N3O2/c1-20(19(21)24,22-13-14-23(2)3)17-9-11-18(12-10-17)25-15-16-7-5-4-6-8-16/h4-12,22H,13-15H2,1-3H3,(H2,21,24). The normalized spacial score (nSPS) is 13.4. The summed E-state index contributed by atoms with van der Waals surface area (Å²) in [5.41, 5.74) is 6.67. The second-order valence-corrected chi connectivity index (χ2v) is 6.52. The maximum atomic E-state index is 12.0. The molecule has 0 saturated carbocycles. The number of hydrogen-bond donors (Lipinski definition) is 2. The number of hydrogen-bond acceptors (Lipinski definition) is 4. The quantitative estimate of drug-likeness (QED) is 0.733. The zero-order chi connectivity index (χ0) is 18.3. The minimum atomic E-state index is -0.909. The highest BCUT2D eigenvalue weighted by atomic mass is 16.5. The monoisotopic (exact) mass is 341 g/mol. The molecular weight excluding hydrogens is 314 g/mol. The fourth-order valence-corrected chi connectivity index (χ4v) is 2.49. The number of nitrogens with one attached hydrogen (secondary N) is 1. The van der Waals surface area contributed by atoms with Crippen LogP contribution in [0.2, 0.25) is 0 Å². The first-order chi connectivity index (χ1) is 11.9. The van der Waals surface area contributed by atoms with E-state index in [1.165, 1.54) is 0 Å². The van der Waals surface area contributed by atoms with E-state index in [1.54, 1.807) is 0 Å². The molecule has 0 aromatic heterocycles. The fourth-order valence-electron chi connectivity index (χ4n) is 2.49. The highest BCUT2D eigenvalue weighted by molar-refractivity contribution is 5.85. The summed E-state index contributed by atoms with van der Waals surface area (Å²) in [5, 5.41) is 3.26. The van der Waals surface area contributed by atoms with Crippen LogP contribution in [0.3, 0.4) is 0 Å². The Bertz CT molecular complexity index is 671. The Morgan fingerprint density at radius 3 is 2.32 bits per heavy atom. The molecule has 0 aliphatic heterocycles. The third-order valence-electron chi connectivity index (χ3n) is 4.21. The second-order valence-electron chi connectivity index (χ2n) is 6.52. The van der Waals surface area contributed by atoms with Crippen molar-refractivity contribution in [3.05, 3.63) is 65.7 Å². The summed E-state index contributed by atoms with van der Waals surface area (Å²) >= 11 is 0. The van der Waals surface area contributed by atoms with E-state index in [2.05, 4.69) is 10.2 Å². The topological polar surface area (TPSA) is 67.6 Å². The van der Waals surface area contributed by atoms with Crippen molar-refractivity contribution in [1.82, 2.24) is 10.2 Å². The summed E-state index contributed by atoms with van der Waals surface area (Å²) in [5.74, 6) is 0.358. The number of amides is 1. The molecule has 1 amide bonds. The Hall–Kier alpha value is -2.37. The maximum absolute atomic E-state index is 12.0. The van der Waals surface area contributed by atoms with E-state index >= 15 is 0 Å². The lowest BCUT2D eigenvalue weighted by atomic mass is 9.91. The van der Waals surface area contributed by atoms with Gasteiger partial charge in [-0.25, -0.2) is 0 Å². The van der Waals surface area contributed by atoms with Gasteiger partial charge >= 0.3 is 0 Å². The van der Waals surface area contributed by atoms with Gasteiger partial charge in [0.1, 0.15) is 17.9 Å². The van der Waals surface area contributed by atoms with Crippen LogP contribution in [0.15, 0.2) is 54.6 Å². The molecule has 5 heteroatoms. The molecule has 3 N–H and O–H groups in total. The van der Waals surface area contributed by atoms with Crippen molar-refractivity contribution in [3.63, 3.8) is 0 Å². The lowest BCUT2D eigenvalue weighted by molar-refractivity contribution is -0.124. The Balaban J connectivity index is 2.03. The second kappa shape index (κ2) is 8.65. The average Bonchev–Trinajstić information content (AvgIpc) is 2.60. The summed E-state index contributed by atoms with van der Waals surface area (Å²) in [6.45, 7) is 3.80. The third-order valence-corrected chi connectivity index (χ3v) is 4.21. The van der Waals surface area contributed by atoms with Crippen molar-refractivity contribution in [1.29, 1.82) is 0 Å². The number of nitrogens with zero attached hydrogens (tertiary/aromatic N) is 1. The summed E-state index contributed by atoms with van der Waals surface area (Å²) in [7, 11) is 3.98. The van der Waals surface area contributed by atoms with Crippen LogP contribution in [0.5, 0.6) is 5.75 Å². The predicted molar refractivity (Wildman–Crippen MR) is 100 cm³/mol. The first-order valence-electron chi connectivity index (χ1n) is 8.39. The Morgan fingerprint density at radius 2 is 1.76 bits per heavy atom. The zero-order valence-electron chi connectivity index (χ0n) is 15.2. The number of rotatable bonds is 9. The number of benzene rings is 2. The van der Waals surface area contributed by atoms with Crippen molar-refractivity contribution in [2.75, 3.05) is 27.2 Å². The number of primary amides is 1. The Kier molecular flexibility index (Phi) is 6.56. The molecule has 5 nitrogen and oxygen atoms in total. The highest BCUT2D eigenvalue weighted by Gasteiger charge is 2.32. The van der Waals surface area contributed by atoms with Crippen LogP contribution in [-0.4, -0.2) is 38.0 Å². The molecule has 0 aliphatic carbocycles. The lowest BCUT2D eigenvalue weighted by Gasteiger charge is -2.29. The summed E-state index contributed by atoms with van der Waals surface area (Å²) in [4.78, 5) is 14.1. The van der Waals surface area contributed by atoms with Gasteiger partial charge in [-0.05, 0) is 44.3 Å². The Morgan fingerprint density at radius 1 is 1.12 bits per heavy atom. The molecule has 1 unspecified atom stereocenters. The summed E-state index contributed by atoms with van der Waals surface area (Å²) in [6.07, 6.45) is 0. The molecule has 2 rings (SSSR count). The van der Waals surface area contributed by atoms with E-state index in [4.69, 9.17) is 10.5 Å². The molecule has 2 aromatic rings. The number of nitrogens with two attached hydrogens (primary N) is 1. The summed E-state index contributed by atoms with van der Waals surface area (Å²) in [6, 6.07) is 17.5. The molecule has 0 bridgehead atoms. The van der Waals surface area contributed by atoms with Crippen molar-refractivity contribution in [2.45, 2.75) is 19.1 Å². The fraction of sp³-hybridized carbons (Fsp3) is 0.350. The number of carbonyl (C=O) groups excluding carboxylic acids is 1. The van der Waals surface area contributed by atoms with Gasteiger partial charge < -0.3 is 15.4 Å². The van der Waals surface area contributed by atoms with Crippen LogP contribution >= 0.6 is 0 Å². The number of carbonyl (C=O) groups is 1. The molecule has 0 radical (unpaired) electrons. The molecule has 0 spiro atoms. The van der Waals surface area contributed by atoms with Gasteiger partial charge in [0.15, 0.2) is 0 Å². The van der Waals surface area contributed by atoms with Crippen LogP contribution < -0.4 is 15.8 Å². The third kappa shape index (κ3) is 5.31. The van der Waals surface area contributed by atoms with E-state index in [0.717, 1.165) is 23.4 Å². The van der Waals surface area contributed by atoms with Gasteiger partial charge in [-0.2, -0.15) is 0 Å². The predicted octanol–water partition coefficient (Wildman–Crippen LogP) is 2.12. The molecule has 2 aromatic carbocycles. The molecule has 0 fully saturated rings. The van der Waals surface area contributed by atoms with Gasteiger partial charge in [0.25, 0.3) is 0 Å². The number of likely N-dealkylation sites (N-methyl/N-ethyl adjacent to an activating group) is 1. The van der Waals surface area contributed by atoms with Gasteiger partial charge in [-0.1, -0.05) is 42.5 Å². The minimum absolute atomic E-state index is 0.399. The number of ether oxygens (including phenoxy) is 1. The molecule has 0 saturated heterocycles. The van der Waals surface area contributed by atoms with Gasteiger partial charge in [0.05, 0.1) is 0 Å². The molecule has 0 aliphatic rings. The van der Waals surface area contributed by atoms with E-state index in [9.17, 15) is 4.79 Å². The molecule has 0 heterocycles. The molecule has 25 heavy (non-hydrogen) atoms. The van der Waals surface area contributed by atoms with E-state index in [-0.39, 0.29) is 0 Å². The van der Waals surface area contributed by atoms with Crippen LogP contribution in [-0.2, 0) is 16.9 Å². The smallest absolute Gasteiger partial charge is 0.242 e. The highest BCUT2D eigenvalue weighted by Crippen LogP contribution is 2.23. The minimum Gasteiger partial charge on any atom is -0.489 e. The molecular formula is C20H27N3O2. The SMILES string of the molecule is CN(C)CCNC(C)(C(N)=O)c1ccc(OCc2ccccc2)cc1. The average molecular weight is 341 g/mol. The van der Waals surface area contributed by atoms with Gasteiger partial charge in [-0.3, -0.25) is 10.1 Å². The first kappa shape index (κ1) is 19.0. The van der Waals surface area contributed by atoms with Gasteiger partial charge in [0, 0.05) is 13.1 Å². The zero-order valence-corrected chi connectivity index (χ0v) is 15.2. The molecule has 134 valence electrons. The lowest BCUT2D eigenvalue weighted by Crippen LogP contribution is -2.51. The maximum Gasteiger partial charge on any atom is 0.242 e. The van der Waals surface area contributed by atoms with Crippen molar-refractivity contribution in [2.24, 2.45) is 5.73 Å². The van der Waals surface area contributed by atoms with E-state index in [0.29, 0.717) is 13.2 Å². The molecule has 1 atom stereocenters. The van der Waals surface area contributed by atoms with Crippen molar-refractivity contribution >= 4 is 5.91 Å². The van der Waals surface area contributed by atoms with Crippen LogP contribution in [0.4, 0.5) is 0 Å². The summed E-state index contributed by atoms with van der Waals surface area (Å²) < 4.78 is 5.79. The first-order valence-corrected chi connectivity index (χ1v) is 8.39.